The lowest BCUT2D eigenvalue weighted by Gasteiger charge is -2.23. The number of nitrogens with zero attached hydrogens (tertiary/aromatic N) is 4. The molecule has 0 radical (unpaired) electrons. The third-order valence-corrected chi connectivity index (χ3v) is 6.86. The van der Waals surface area contributed by atoms with Gasteiger partial charge in [0.05, 0.1) is 40.9 Å². The Hall–Kier alpha value is -4.05. The average Bonchev–Trinajstić information content (AvgIpc) is 3.83. The van der Waals surface area contributed by atoms with Crippen molar-refractivity contribution in [2.24, 2.45) is 0 Å². The van der Waals surface area contributed by atoms with Gasteiger partial charge in [-0.25, -0.2) is 4.39 Å². The fourth-order valence-corrected chi connectivity index (χ4v) is 4.51. The van der Waals surface area contributed by atoms with Gasteiger partial charge in [0.25, 0.3) is 0 Å². The standard InChI is InChI=1S/C26H22ClFN8/c27-21-10-18(9-20-23(33-26(14-30)7-8-26)16(11-29)12-31-25(20)21)32-24(15-1-3-17(28)4-2-15)22-13-36(35-34-22)19-5-6-19/h1-4,9-10,12-13,19,24,32,34-35H,5-8H2,(H,31,33)/t24-/m1/s1/i24D. The molecular weight excluding hydrogens is 479 g/mol. The number of nitrogens with one attached hydrogen (secondary N) is 4. The number of fused-ring (bicyclic) bond motifs is 1. The number of hydrazine groups is 2. The summed E-state index contributed by atoms with van der Waals surface area (Å²) in [7, 11) is 0. The minimum absolute atomic E-state index is 0.294. The summed E-state index contributed by atoms with van der Waals surface area (Å²) in [5.41, 5.74) is 8.22. The number of pyridine rings is 1. The van der Waals surface area contributed by atoms with E-state index >= 15 is 0 Å². The van der Waals surface area contributed by atoms with Crippen molar-refractivity contribution in [2.75, 3.05) is 10.6 Å². The smallest absolute Gasteiger partial charge is 0.125 e. The first-order valence-corrected chi connectivity index (χ1v) is 12.0. The summed E-state index contributed by atoms with van der Waals surface area (Å²) in [6.07, 6.45) is 6.75. The van der Waals surface area contributed by atoms with Crippen molar-refractivity contribution in [3.05, 3.63) is 76.5 Å². The van der Waals surface area contributed by atoms with E-state index in [2.05, 4.69) is 38.7 Å². The lowest BCUT2D eigenvalue weighted by Crippen LogP contribution is -2.38. The Kier molecular flexibility index (Phi) is 5.05. The van der Waals surface area contributed by atoms with Gasteiger partial charge in [-0.15, -0.1) is 5.53 Å². The van der Waals surface area contributed by atoms with Gasteiger partial charge < -0.3 is 16.1 Å². The number of hydrogen-bond donors (Lipinski definition) is 4. The molecule has 0 bridgehead atoms. The van der Waals surface area contributed by atoms with Crippen LogP contribution in [0.3, 0.4) is 0 Å². The molecule has 4 N–H and O–H groups in total. The fourth-order valence-electron chi connectivity index (χ4n) is 4.24. The SMILES string of the molecule is [2H][C@](Nc1cc(Cl)c2ncc(C#N)c(NC3(C#N)CC3)c2c1)(C1=CN(C2CC2)NN1)c1ccc(F)cc1. The van der Waals surface area contributed by atoms with Crippen molar-refractivity contribution in [2.45, 2.75) is 43.3 Å². The molecule has 0 unspecified atom stereocenters. The molecule has 2 aliphatic carbocycles. The molecule has 1 aromatic heterocycles. The summed E-state index contributed by atoms with van der Waals surface area (Å²) in [4.78, 5) is 4.37. The van der Waals surface area contributed by atoms with Crippen molar-refractivity contribution in [1.29, 1.82) is 10.5 Å². The summed E-state index contributed by atoms with van der Waals surface area (Å²) in [5, 5.41) is 28.7. The number of hydrogen-bond acceptors (Lipinski definition) is 8. The van der Waals surface area contributed by atoms with Crippen LogP contribution in [0.4, 0.5) is 15.8 Å². The third-order valence-electron chi connectivity index (χ3n) is 6.57. The normalized spacial score (nSPS) is 19.8. The number of rotatable bonds is 7. The molecule has 180 valence electrons. The predicted octanol–water partition coefficient (Wildman–Crippen LogP) is 4.85. The highest BCUT2D eigenvalue weighted by Crippen LogP contribution is 2.42. The van der Waals surface area contributed by atoms with Gasteiger partial charge in [-0.05, 0) is 55.5 Å². The molecule has 10 heteroatoms. The largest absolute Gasteiger partial charge is 0.373 e. The number of anilines is 2. The second-order valence-electron chi connectivity index (χ2n) is 9.26. The second kappa shape index (κ2) is 8.56. The Balaban J connectivity index is 1.46. The maximum Gasteiger partial charge on any atom is 0.125 e. The predicted molar refractivity (Wildman–Crippen MR) is 135 cm³/mol. The highest BCUT2D eigenvalue weighted by Gasteiger charge is 2.44. The molecule has 2 aromatic carbocycles. The third kappa shape index (κ3) is 4.13. The Morgan fingerprint density at radius 3 is 2.69 bits per heavy atom. The van der Waals surface area contributed by atoms with E-state index in [-0.39, 0.29) is 0 Å². The van der Waals surface area contributed by atoms with E-state index in [0.717, 1.165) is 12.8 Å². The van der Waals surface area contributed by atoms with Gasteiger partial charge in [-0.1, -0.05) is 23.7 Å². The maximum absolute atomic E-state index is 13.8. The maximum atomic E-state index is 13.8. The van der Waals surface area contributed by atoms with Gasteiger partial charge in [0, 0.05) is 29.5 Å². The van der Waals surface area contributed by atoms with E-state index in [1.165, 1.54) is 18.3 Å². The van der Waals surface area contributed by atoms with Crippen LogP contribution in [-0.4, -0.2) is 21.6 Å². The van der Waals surface area contributed by atoms with Crippen LogP contribution in [0.2, 0.25) is 5.02 Å². The molecule has 3 aliphatic rings. The van der Waals surface area contributed by atoms with Crippen LogP contribution < -0.4 is 21.6 Å². The molecule has 0 saturated heterocycles. The van der Waals surface area contributed by atoms with E-state index in [0.29, 0.717) is 63.0 Å². The van der Waals surface area contributed by atoms with Crippen molar-refractivity contribution < 1.29 is 5.76 Å². The molecule has 1 atom stereocenters. The average molecular weight is 502 g/mol. The molecule has 0 amide bonds. The van der Waals surface area contributed by atoms with Crippen molar-refractivity contribution in [3.63, 3.8) is 0 Å². The van der Waals surface area contributed by atoms with Crippen LogP contribution in [0.5, 0.6) is 0 Å². The van der Waals surface area contributed by atoms with Crippen LogP contribution >= 0.6 is 11.6 Å². The lowest BCUT2D eigenvalue weighted by molar-refractivity contribution is 0.260. The topological polar surface area (TPSA) is 112 Å². The molecule has 0 spiro atoms. The minimum atomic E-state index is -1.54. The Morgan fingerprint density at radius 1 is 1.25 bits per heavy atom. The van der Waals surface area contributed by atoms with Crippen LogP contribution in [0.1, 0.15) is 44.2 Å². The van der Waals surface area contributed by atoms with Gasteiger partial charge in [-0.3, -0.25) is 9.99 Å². The van der Waals surface area contributed by atoms with Crippen LogP contribution in [0, 0.1) is 28.5 Å². The quantitative estimate of drug-likeness (QED) is 0.363. The highest BCUT2D eigenvalue weighted by molar-refractivity contribution is 6.35. The fraction of sp³-hybridized carbons (Fsp3) is 0.269. The monoisotopic (exact) mass is 501 g/mol. The number of aromatic nitrogens is 1. The first-order valence-electron chi connectivity index (χ1n) is 12.1. The van der Waals surface area contributed by atoms with E-state index < -0.39 is 17.4 Å². The van der Waals surface area contributed by atoms with Crippen molar-refractivity contribution >= 4 is 33.9 Å². The summed E-state index contributed by atoms with van der Waals surface area (Å²) in [6, 6.07) is 12.4. The molecule has 8 nitrogen and oxygen atoms in total. The molecule has 3 aromatic rings. The lowest BCUT2D eigenvalue weighted by atomic mass is 10.0. The molecule has 1 aliphatic heterocycles. The zero-order valence-electron chi connectivity index (χ0n) is 20.1. The van der Waals surface area contributed by atoms with E-state index in [1.54, 1.807) is 24.3 Å². The van der Waals surface area contributed by atoms with Crippen LogP contribution in [-0.2, 0) is 0 Å². The summed E-state index contributed by atoms with van der Waals surface area (Å²) in [5.74, 6) is -0.400. The Bertz CT molecular complexity index is 1520. The number of nitriles is 2. The van der Waals surface area contributed by atoms with Gasteiger partial charge in [0.1, 0.15) is 17.4 Å². The first kappa shape index (κ1) is 21.3. The molecule has 2 heterocycles. The van der Waals surface area contributed by atoms with Gasteiger partial charge in [-0.2, -0.15) is 10.5 Å². The minimum Gasteiger partial charge on any atom is -0.373 e. The second-order valence-corrected chi connectivity index (χ2v) is 9.66. The van der Waals surface area contributed by atoms with Gasteiger partial charge in [0.2, 0.25) is 0 Å². The molecule has 2 saturated carbocycles. The molecule has 6 rings (SSSR count). The highest BCUT2D eigenvalue weighted by atomic mass is 35.5. The Morgan fingerprint density at radius 2 is 2.03 bits per heavy atom. The summed E-state index contributed by atoms with van der Waals surface area (Å²) in [6.45, 7) is 0. The zero-order chi connectivity index (χ0) is 25.8. The van der Waals surface area contributed by atoms with Crippen molar-refractivity contribution in [3.8, 4) is 12.1 Å². The first-order chi connectivity index (χ1) is 17.8. The number of benzene rings is 2. The molecular formula is C26H22ClFN8. The van der Waals surface area contributed by atoms with Gasteiger partial charge >= 0.3 is 0 Å². The summed E-state index contributed by atoms with van der Waals surface area (Å²) < 4.78 is 23.3. The number of halogens is 2. The molecule has 36 heavy (non-hydrogen) atoms. The summed E-state index contributed by atoms with van der Waals surface area (Å²) >= 11 is 6.64. The molecule has 2 fully saturated rings. The van der Waals surface area contributed by atoms with Crippen molar-refractivity contribution in [1.82, 2.24) is 21.0 Å². The van der Waals surface area contributed by atoms with Crippen LogP contribution in [0.25, 0.3) is 10.9 Å². The van der Waals surface area contributed by atoms with E-state index in [9.17, 15) is 16.3 Å². The van der Waals surface area contributed by atoms with Crippen LogP contribution in [0.15, 0.2) is 54.5 Å². The van der Waals surface area contributed by atoms with Gasteiger partial charge in [0.15, 0.2) is 0 Å². The Labute approximate surface area is 213 Å². The zero-order valence-corrected chi connectivity index (χ0v) is 19.8. The van der Waals surface area contributed by atoms with E-state index in [1.807, 2.05) is 11.2 Å². The van der Waals surface area contributed by atoms with E-state index in [4.69, 9.17) is 11.6 Å².